The smallest absolute Gasteiger partial charge is 0.310 e. The third-order valence-electron chi connectivity index (χ3n) is 3.35. The molecule has 2 aromatic carbocycles. The van der Waals surface area contributed by atoms with Crippen molar-refractivity contribution in [1.29, 1.82) is 0 Å². The minimum absolute atomic E-state index is 0.163. The summed E-state index contributed by atoms with van der Waals surface area (Å²) in [5, 5.41) is 2.66. The van der Waals surface area contributed by atoms with Crippen molar-refractivity contribution in [3.05, 3.63) is 60.2 Å². The quantitative estimate of drug-likeness (QED) is 0.800. The number of ether oxygens (including phenoxy) is 1. The molecule has 0 aliphatic rings. The summed E-state index contributed by atoms with van der Waals surface area (Å²) in [6.07, 6.45) is 1.02. The maximum atomic E-state index is 11.7. The van der Waals surface area contributed by atoms with Crippen LogP contribution in [0.4, 0.5) is 0 Å². The van der Waals surface area contributed by atoms with Gasteiger partial charge in [-0.15, -0.1) is 0 Å². The lowest BCUT2D eigenvalue weighted by Crippen LogP contribution is -2.29. The molecule has 0 heterocycles. The van der Waals surface area contributed by atoms with Crippen molar-refractivity contribution in [3.63, 3.8) is 0 Å². The van der Waals surface area contributed by atoms with E-state index in [1.807, 2.05) is 61.5 Å². The molecule has 0 atom stereocenters. The standard InChI is InChI=1S/C19H21NO3/c1-2-12-20-18(21)14-23-19(22)13-15-8-10-17(11-9-15)16-6-4-3-5-7-16/h3-11H,2,12-14H2,1H3,(H,20,21). The second-order valence-corrected chi connectivity index (χ2v) is 5.25. The molecule has 120 valence electrons. The van der Waals surface area contributed by atoms with Crippen LogP contribution in [0.25, 0.3) is 11.1 Å². The van der Waals surface area contributed by atoms with Crippen molar-refractivity contribution in [3.8, 4) is 11.1 Å². The first-order valence-corrected chi connectivity index (χ1v) is 7.75. The third kappa shape index (κ3) is 5.58. The fraction of sp³-hybridized carbons (Fsp3) is 0.263. The summed E-state index contributed by atoms with van der Waals surface area (Å²) in [4.78, 5) is 23.1. The van der Waals surface area contributed by atoms with E-state index in [2.05, 4.69) is 5.32 Å². The van der Waals surface area contributed by atoms with E-state index in [9.17, 15) is 9.59 Å². The molecular formula is C19H21NO3. The predicted octanol–water partition coefficient (Wildman–Crippen LogP) is 2.97. The van der Waals surface area contributed by atoms with Gasteiger partial charge in [-0.1, -0.05) is 61.5 Å². The Labute approximate surface area is 136 Å². The predicted molar refractivity (Wildman–Crippen MR) is 89.8 cm³/mol. The number of amides is 1. The Morgan fingerprint density at radius 1 is 0.957 bits per heavy atom. The van der Waals surface area contributed by atoms with E-state index in [0.29, 0.717) is 6.54 Å². The van der Waals surface area contributed by atoms with E-state index in [-0.39, 0.29) is 18.9 Å². The van der Waals surface area contributed by atoms with Crippen molar-refractivity contribution in [2.45, 2.75) is 19.8 Å². The van der Waals surface area contributed by atoms with E-state index >= 15 is 0 Å². The highest BCUT2D eigenvalue weighted by atomic mass is 16.5. The van der Waals surface area contributed by atoms with Gasteiger partial charge >= 0.3 is 5.97 Å². The van der Waals surface area contributed by atoms with Crippen LogP contribution in [0.2, 0.25) is 0 Å². The van der Waals surface area contributed by atoms with E-state index in [1.165, 1.54) is 0 Å². The lowest BCUT2D eigenvalue weighted by Gasteiger charge is -2.06. The van der Waals surface area contributed by atoms with Crippen LogP contribution >= 0.6 is 0 Å². The SMILES string of the molecule is CCCNC(=O)COC(=O)Cc1ccc(-c2ccccc2)cc1. The second kappa shape index (κ2) is 8.73. The molecule has 0 spiro atoms. The van der Waals surface area contributed by atoms with Gasteiger partial charge in [0.15, 0.2) is 6.61 Å². The van der Waals surface area contributed by atoms with Crippen molar-refractivity contribution >= 4 is 11.9 Å². The molecule has 2 aromatic rings. The maximum Gasteiger partial charge on any atom is 0.310 e. The van der Waals surface area contributed by atoms with Crippen molar-refractivity contribution in [2.24, 2.45) is 0 Å². The molecule has 2 rings (SSSR count). The first-order valence-electron chi connectivity index (χ1n) is 7.75. The first kappa shape index (κ1) is 16.7. The molecule has 1 amide bonds. The molecule has 0 saturated heterocycles. The highest BCUT2D eigenvalue weighted by Crippen LogP contribution is 2.19. The van der Waals surface area contributed by atoms with Crippen LogP contribution in [0.15, 0.2) is 54.6 Å². The number of carbonyl (C=O) groups excluding carboxylic acids is 2. The topological polar surface area (TPSA) is 55.4 Å². The average Bonchev–Trinajstić information content (AvgIpc) is 2.59. The number of rotatable bonds is 7. The lowest BCUT2D eigenvalue weighted by atomic mass is 10.0. The Bertz CT molecular complexity index is 635. The van der Waals surface area contributed by atoms with Crippen LogP contribution in [-0.2, 0) is 20.7 Å². The molecule has 0 bridgehead atoms. The minimum Gasteiger partial charge on any atom is -0.455 e. The van der Waals surface area contributed by atoms with E-state index < -0.39 is 5.97 Å². The van der Waals surface area contributed by atoms with Crippen molar-refractivity contribution < 1.29 is 14.3 Å². The zero-order valence-corrected chi connectivity index (χ0v) is 13.2. The Hall–Kier alpha value is -2.62. The number of benzene rings is 2. The van der Waals surface area contributed by atoms with E-state index in [1.54, 1.807) is 0 Å². The highest BCUT2D eigenvalue weighted by molar-refractivity contribution is 5.81. The molecule has 23 heavy (non-hydrogen) atoms. The Morgan fingerprint density at radius 2 is 1.61 bits per heavy atom. The number of carbonyl (C=O) groups is 2. The van der Waals surface area contributed by atoms with Crippen LogP contribution in [0.1, 0.15) is 18.9 Å². The zero-order chi connectivity index (χ0) is 16.5. The van der Waals surface area contributed by atoms with Gasteiger partial charge in [-0.3, -0.25) is 9.59 Å². The van der Waals surface area contributed by atoms with Crippen LogP contribution in [0.5, 0.6) is 0 Å². The normalized spacial score (nSPS) is 10.1. The van der Waals surface area contributed by atoms with E-state index in [0.717, 1.165) is 23.1 Å². The highest BCUT2D eigenvalue weighted by Gasteiger charge is 2.08. The largest absolute Gasteiger partial charge is 0.455 e. The molecule has 0 aliphatic heterocycles. The lowest BCUT2D eigenvalue weighted by molar-refractivity contribution is -0.147. The average molecular weight is 311 g/mol. The van der Waals surface area contributed by atoms with Crippen LogP contribution < -0.4 is 5.32 Å². The fourth-order valence-electron chi connectivity index (χ4n) is 2.12. The summed E-state index contributed by atoms with van der Waals surface area (Å²) in [5.74, 6) is -0.663. The number of nitrogens with one attached hydrogen (secondary N) is 1. The van der Waals surface area contributed by atoms with Gasteiger partial charge in [0, 0.05) is 6.54 Å². The van der Waals surface area contributed by atoms with Gasteiger partial charge in [0.1, 0.15) is 0 Å². The van der Waals surface area contributed by atoms with Crippen LogP contribution in [0.3, 0.4) is 0 Å². The summed E-state index contributed by atoms with van der Waals surface area (Å²) >= 11 is 0. The molecule has 4 heteroatoms. The summed E-state index contributed by atoms with van der Waals surface area (Å²) in [7, 11) is 0. The molecule has 4 nitrogen and oxygen atoms in total. The first-order chi connectivity index (χ1) is 11.2. The molecule has 0 aromatic heterocycles. The summed E-state index contributed by atoms with van der Waals surface area (Å²) < 4.78 is 4.97. The molecule has 0 radical (unpaired) electrons. The molecule has 0 saturated carbocycles. The van der Waals surface area contributed by atoms with Gasteiger partial charge in [-0.25, -0.2) is 0 Å². The minimum atomic E-state index is -0.399. The van der Waals surface area contributed by atoms with Crippen molar-refractivity contribution in [1.82, 2.24) is 5.32 Å². The van der Waals surface area contributed by atoms with Crippen LogP contribution in [0, 0.1) is 0 Å². The van der Waals surface area contributed by atoms with Gasteiger partial charge in [0.2, 0.25) is 0 Å². The summed E-state index contributed by atoms with van der Waals surface area (Å²) in [6, 6.07) is 17.8. The molecule has 0 aliphatic carbocycles. The number of hydrogen-bond donors (Lipinski definition) is 1. The van der Waals surface area contributed by atoms with Gasteiger partial charge < -0.3 is 10.1 Å². The van der Waals surface area contributed by atoms with Gasteiger partial charge in [0.05, 0.1) is 6.42 Å². The second-order valence-electron chi connectivity index (χ2n) is 5.25. The Balaban J connectivity index is 1.84. The monoisotopic (exact) mass is 311 g/mol. The molecule has 0 fully saturated rings. The summed E-state index contributed by atoms with van der Waals surface area (Å²) in [6.45, 7) is 2.34. The Kier molecular flexibility index (Phi) is 6.36. The summed E-state index contributed by atoms with van der Waals surface area (Å²) in [5.41, 5.74) is 3.10. The molecule has 0 unspecified atom stereocenters. The molecular weight excluding hydrogens is 290 g/mol. The van der Waals surface area contributed by atoms with Gasteiger partial charge in [-0.05, 0) is 23.1 Å². The number of hydrogen-bond acceptors (Lipinski definition) is 3. The zero-order valence-electron chi connectivity index (χ0n) is 13.2. The molecule has 1 N–H and O–H groups in total. The van der Waals surface area contributed by atoms with E-state index in [4.69, 9.17) is 4.74 Å². The van der Waals surface area contributed by atoms with Crippen LogP contribution in [-0.4, -0.2) is 25.0 Å². The van der Waals surface area contributed by atoms with Gasteiger partial charge in [-0.2, -0.15) is 0 Å². The maximum absolute atomic E-state index is 11.7. The fourth-order valence-corrected chi connectivity index (χ4v) is 2.12. The number of esters is 1. The third-order valence-corrected chi connectivity index (χ3v) is 3.35. The van der Waals surface area contributed by atoms with Gasteiger partial charge in [0.25, 0.3) is 5.91 Å². The Morgan fingerprint density at radius 3 is 2.26 bits per heavy atom. The van der Waals surface area contributed by atoms with Crippen molar-refractivity contribution in [2.75, 3.05) is 13.2 Å².